The van der Waals surface area contributed by atoms with Crippen LogP contribution >= 0.6 is 0 Å². The quantitative estimate of drug-likeness (QED) is 0.676. The molecular weight excluding hydrogens is 275 g/mol. The molecule has 0 radical (unpaired) electrons. The number of benzene rings is 1. The van der Waals surface area contributed by atoms with Crippen LogP contribution in [0.25, 0.3) is 0 Å². The summed E-state index contributed by atoms with van der Waals surface area (Å²) in [5.41, 5.74) is 4.39. The van der Waals surface area contributed by atoms with Gasteiger partial charge in [0.15, 0.2) is 5.69 Å². The Morgan fingerprint density at radius 3 is 2.35 bits per heavy atom. The van der Waals surface area contributed by atoms with Crippen molar-refractivity contribution < 1.29 is 22.7 Å². The standard InChI is InChI=1S/C12H8F3N3O2/c13-12(14,15)7-1-3-8(4-2-7)20-10(19)9-5-6-17-11(16)18-9/h1-6H,(H2,16,17,18). The molecule has 104 valence electrons. The number of rotatable bonds is 2. The first-order valence-corrected chi connectivity index (χ1v) is 5.34. The molecule has 0 saturated heterocycles. The number of alkyl halides is 3. The van der Waals surface area contributed by atoms with Gasteiger partial charge in [-0.15, -0.1) is 0 Å². The van der Waals surface area contributed by atoms with E-state index in [-0.39, 0.29) is 17.4 Å². The predicted octanol–water partition coefficient (Wildman–Crippen LogP) is 2.30. The van der Waals surface area contributed by atoms with E-state index in [0.717, 1.165) is 24.3 Å². The predicted molar refractivity (Wildman–Crippen MR) is 62.8 cm³/mol. The van der Waals surface area contributed by atoms with Gasteiger partial charge in [-0.2, -0.15) is 13.2 Å². The third kappa shape index (κ3) is 3.22. The van der Waals surface area contributed by atoms with E-state index in [1.54, 1.807) is 0 Å². The maximum absolute atomic E-state index is 12.4. The van der Waals surface area contributed by atoms with Crippen molar-refractivity contribution in [1.29, 1.82) is 0 Å². The number of ether oxygens (including phenoxy) is 1. The molecule has 0 aliphatic rings. The molecule has 0 aliphatic heterocycles. The number of carbonyl (C=O) groups is 1. The highest BCUT2D eigenvalue weighted by atomic mass is 19.4. The van der Waals surface area contributed by atoms with Gasteiger partial charge in [-0.25, -0.2) is 14.8 Å². The van der Waals surface area contributed by atoms with E-state index < -0.39 is 17.7 Å². The second-order valence-electron chi connectivity index (χ2n) is 3.71. The summed E-state index contributed by atoms with van der Waals surface area (Å²) < 4.78 is 41.9. The lowest BCUT2D eigenvalue weighted by Crippen LogP contribution is -2.12. The van der Waals surface area contributed by atoms with E-state index in [0.29, 0.717) is 0 Å². The molecule has 8 heteroatoms. The third-order valence-electron chi connectivity index (χ3n) is 2.28. The summed E-state index contributed by atoms with van der Waals surface area (Å²) in [6.07, 6.45) is -3.17. The SMILES string of the molecule is Nc1nccc(C(=O)Oc2ccc(C(F)(F)F)cc2)n1. The summed E-state index contributed by atoms with van der Waals surface area (Å²) in [4.78, 5) is 18.9. The fraction of sp³-hybridized carbons (Fsp3) is 0.0833. The summed E-state index contributed by atoms with van der Waals surface area (Å²) in [7, 11) is 0. The molecule has 1 aromatic heterocycles. The summed E-state index contributed by atoms with van der Waals surface area (Å²) in [5.74, 6) is -0.967. The van der Waals surface area contributed by atoms with Crippen LogP contribution in [0.1, 0.15) is 16.1 Å². The second kappa shape index (κ2) is 5.16. The normalized spacial score (nSPS) is 11.2. The summed E-state index contributed by atoms with van der Waals surface area (Å²) in [6, 6.07) is 5.01. The van der Waals surface area contributed by atoms with E-state index in [2.05, 4.69) is 9.97 Å². The molecule has 0 saturated carbocycles. The molecule has 0 aliphatic carbocycles. The molecule has 1 heterocycles. The highest BCUT2D eigenvalue weighted by molar-refractivity contribution is 5.89. The van der Waals surface area contributed by atoms with Gasteiger partial charge in [0, 0.05) is 6.20 Å². The van der Waals surface area contributed by atoms with Gasteiger partial charge < -0.3 is 10.5 Å². The molecule has 1 aromatic carbocycles. The summed E-state index contributed by atoms with van der Waals surface area (Å²) >= 11 is 0. The minimum atomic E-state index is -4.44. The van der Waals surface area contributed by atoms with Crippen LogP contribution in [0.4, 0.5) is 19.1 Å². The van der Waals surface area contributed by atoms with E-state index in [4.69, 9.17) is 10.5 Å². The Morgan fingerprint density at radius 2 is 1.80 bits per heavy atom. The molecule has 0 amide bonds. The second-order valence-corrected chi connectivity index (χ2v) is 3.71. The van der Waals surface area contributed by atoms with Crippen LogP contribution in [0.3, 0.4) is 0 Å². The van der Waals surface area contributed by atoms with Crippen LogP contribution in [0, 0.1) is 0 Å². The van der Waals surface area contributed by atoms with Crippen LogP contribution in [0.15, 0.2) is 36.5 Å². The lowest BCUT2D eigenvalue weighted by Gasteiger charge is -2.08. The molecule has 0 fully saturated rings. The highest BCUT2D eigenvalue weighted by Crippen LogP contribution is 2.30. The Labute approximate surface area is 111 Å². The summed E-state index contributed by atoms with van der Waals surface area (Å²) in [5, 5.41) is 0. The molecular formula is C12H8F3N3O2. The van der Waals surface area contributed by atoms with Gasteiger partial charge in [0.05, 0.1) is 5.56 Å². The van der Waals surface area contributed by atoms with E-state index in [1.165, 1.54) is 12.3 Å². The van der Waals surface area contributed by atoms with Crippen LogP contribution in [0.5, 0.6) is 5.75 Å². The van der Waals surface area contributed by atoms with E-state index in [1.807, 2.05) is 0 Å². The average molecular weight is 283 g/mol. The topological polar surface area (TPSA) is 78.1 Å². The maximum Gasteiger partial charge on any atom is 0.416 e. The van der Waals surface area contributed by atoms with Crippen molar-refractivity contribution in [3.05, 3.63) is 47.8 Å². The number of hydrogen-bond donors (Lipinski definition) is 1. The Balaban J connectivity index is 2.12. The number of halogens is 3. The first kappa shape index (κ1) is 13.8. The number of esters is 1. The zero-order chi connectivity index (χ0) is 14.8. The zero-order valence-electron chi connectivity index (χ0n) is 9.89. The lowest BCUT2D eigenvalue weighted by atomic mass is 10.2. The molecule has 0 atom stereocenters. The smallest absolute Gasteiger partial charge is 0.416 e. The first-order chi connectivity index (χ1) is 9.36. The Bertz CT molecular complexity index is 627. The number of nitrogens with two attached hydrogens (primary N) is 1. The minimum Gasteiger partial charge on any atom is -0.422 e. The van der Waals surface area contributed by atoms with Gasteiger partial charge in [-0.1, -0.05) is 0 Å². The average Bonchev–Trinajstić information content (AvgIpc) is 2.38. The first-order valence-electron chi connectivity index (χ1n) is 5.34. The number of nitrogens with zero attached hydrogens (tertiary/aromatic N) is 2. The number of hydrogen-bond acceptors (Lipinski definition) is 5. The molecule has 20 heavy (non-hydrogen) atoms. The molecule has 0 spiro atoms. The van der Waals surface area contributed by atoms with Crippen LogP contribution in [-0.2, 0) is 6.18 Å². The van der Waals surface area contributed by atoms with Crippen LogP contribution in [-0.4, -0.2) is 15.9 Å². The van der Waals surface area contributed by atoms with Crippen LogP contribution < -0.4 is 10.5 Å². The fourth-order valence-electron chi connectivity index (χ4n) is 1.36. The third-order valence-corrected chi connectivity index (χ3v) is 2.28. The van der Waals surface area contributed by atoms with Crippen LogP contribution in [0.2, 0.25) is 0 Å². The van der Waals surface area contributed by atoms with E-state index >= 15 is 0 Å². The van der Waals surface area contributed by atoms with Crippen molar-refractivity contribution in [2.45, 2.75) is 6.18 Å². The number of aromatic nitrogens is 2. The Hall–Kier alpha value is -2.64. The number of nitrogen functional groups attached to an aromatic ring is 1. The van der Waals surface area contributed by atoms with Gasteiger partial charge in [0.25, 0.3) is 0 Å². The van der Waals surface area contributed by atoms with Crippen molar-refractivity contribution >= 4 is 11.9 Å². The molecule has 0 unspecified atom stereocenters. The van der Waals surface area contributed by atoms with Gasteiger partial charge in [0.2, 0.25) is 5.95 Å². The zero-order valence-corrected chi connectivity index (χ0v) is 9.89. The number of anilines is 1. The molecule has 2 aromatic rings. The van der Waals surface area contributed by atoms with Crippen molar-refractivity contribution in [2.24, 2.45) is 0 Å². The largest absolute Gasteiger partial charge is 0.422 e. The van der Waals surface area contributed by atoms with Gasteiger partial charge in [0.1, 0.15) is 5.75 Å². The van der Waals surface area contributed by atoms with Gasteiger partial charge in [-0.3, -0.25) is 0 Å². The lowest BCUT2D eigenvalue weighted by molar-refractivity contribution is -0.137. The molecule has 5 nitrogen and oxygen atoms in total. The van der Waals surface area contributed by atoms with Gasteiger partial charge >= 0.3 is 12.1 Å². The molecule has 2 rings (SSSR count). The van der Waals surface area contributed by atoms with Crippen molar-refractivity contribution in [2.75, 3.05) is 5.73 Å². The van der Waals surface area contributed by atoms with E-state index in [9.17, 15) is 18.0 Å². The molecule has 0 bridgehead atoms. The van der Waals surface area contributed by atoms with Crippen molar-refractivity contribution in [1.82, 2.24) is 9.97 Å². The number of carbonyl (C=O) groups excluding carboxylic acids is 1. The Kier molecular flexibility index (Phi) is 3.55. The summed E-state index contributed by atoms with van der Waals surface area (Å²) in [6.45, 7) is 0. The van der Waals surface area contributed by atoms with Crippen molar-refractivity contribution in [3.63, 3.8) is 0 Å². The Morgan fingerprint density at radius 1 is 1.15 bits per heavy atom. The monoisotopic (exact) mass is 283 g/mol. The van der Waals surface area contributed by atoms with Gasteiger partial charge in [-0.05, 0) is 30.3 Å². The fourth-order valence-corrected chi connectivity index (χ4v) is 1.36. The molecule has 2 N–H and O–H groups in total. The highest BCUT2D eigenvalue weighted by Gasteiger charge is 2.30. The van der Waals surface area contributed by atoms with Crippen molar-refractivity contribution in [3.8, 4) is 5.75 Å². The minimum absolute atomic E-state index is 0.0276. The maximum atomic E-state index is 12.4.